The van der Waals surface area contributed by atoms with E-state index >= 15 is 0 Å². The molecule has 3 amide bonds. The van der Waals surface area contributed by atoms with Gasteiger partial charge in [0.05, 0.1) is 185 Å². The normalized spacial score (nSPS) is 11.3. The zero-order chi connectivity index (χ0) is 67.0. The Morgan fingerprint density at radius 2 is 0.578 bits per heavy atom. The predicted octanol–water partition coefficient (Wildman–Crippen LogP) is 4.15. The van der Waals surface area contributed by atoms with Crippen molar-refractivity contribution in [2.45, 2.75) is 138 Å². The zero-order valence-electron chi connectivity index (χ0n) is 55.1. The predicted molar refractivity (Wildman–Crippen MR) is 332 cm³/mol. The van der Waals surface area contributed by atoms with Crippen LogP contribution < -0.4 is 21.7 Å². The first-order chi connectivity index (χ1) is 42.4. The van der Waals surface area contributed by atoms with Gasteiger partial charge in [-0.15, -0.1) is 0 Å². The van der Waals surface area contributed by atoms with E-state index in [9.17, 15) is 33.6 Å². The summed E-state index contributed by atoms with van der Waals surface area (Å²) in [5.41, 5.74) is 3.77. The fourth-order valence-electron chi connectivity index (χ4n) is 5.88. The molecule has 0 bridgehead atoms. The number of hydrogen-bond donors (Lipinski definition) is 6. The number of ether oxygens (including phenoxy) is 17. The van der Waals surface area contributed by atoms with Gasteiger partial charge in [-0.25, -0.2) is 9.59 Å². The Morgan fingerprint density at radius 3 is 0.900 bits per heavy atom. The highest BCUT2D eigenvalue weighted by Crippen LogP contribution is 2.10. The van der Waals surface area contributed by atoms with Crippen LogP contribution in [0.25, 0.3) is 0 Å². The number of ketones is 1. The molecule has 0 aromatic carbocycles. The SMILES string of the molecule is C.CC(C)(C)OC(=O)CCCOCCOCCNC(=O)CCOCCOCCOCCOCCC(=O)CCCOCCOCCNC(=O)OC(C)(C)C.CC(C)(C)OC(=O)NCCOCCOCCN.O=C(O)CCOCCOCCOCCOCCC(=O)O. The van der Waals surface area contributed by atoms with E-state index in [1.54, 1.807) is 20.8 Å². The monoisotopic (exact) mass is 1310 g/mol. The van der Waals surface area contributed by atoms with Gasteiger partial charge in [-0.1, -0.05) is 7.43 Å². The minimum absolute atomic E-state index is 0. The number of carboxylic acid groups (broad SMARTS) is 2. The highest BCUT2D eigenvalue weighted by atomic mass is 16.6. The number of nitrogens with one attached hydrogen (secondary N) is 3. The Balaban J connectivity index is -0.000000788. The van der Waals surface area contributed by atoms with Gasteiger partial charge in [-0.2, -0.15) is 0 Å². The van der Waals surface area contributed by atoms with Crippen molar-refractivity contribution in [2.75, 3.05) is 211 Å². The topological polar surface area (TPSA) is 379 Å². The first-order valence-corrected chi connectivity index (χ1v) is 30.5. The van der Waals surface area contributed by atoms with Gasteiger partial charge in [0.25, 0.3) is 0 Å². The van der Waals surface area contributed by atoms with Gasteiger partial charge in [0.2, 0.25) is 5.91 Å². The first kappa shape index (κ1) is 91.9. The van der Waals surface area contributed by atoms with Crippen molar-refractivity contribution in [3.8, 4) is 0 Å². The van der Waals surface area contributed by atoms with E-state index in [4.69, 9.17) is 96.5 Å². The molecule has 0 unspecified atom stereocenters. The zero-order valence-corrected chi connectivity index (χ0v) is 55.1. The molecule has 0 aromatic heterocycles. The maximum absolute atomic E-state index is 12.0. The average Bonchev–Trinajstić information content (AvgIpc) is 3.45. The fraction of sp³-hybridized carbons (Fsp3) is 0.883. The Labute approximate surface area is 535 Å². The standard InChI is InChI=1S/C36H68N2O14.C12H22O8.C11H24N2O4.CH4/c1-35(2,3)51-33(41)10-8-16-44-22-25-47-19-13-37-32(40)12-18-46-24-28-50-30-29-49-27-23-45-17-11-31(39)9-7-15-43-21-26-48-20-14-38-34(42)52-36(4,5)6;13-11(14)1-3-17-5-7-19-9-10-20-8-6-18-4-2-12(15)16;1-11(2,3)17-10(14)13-5-7-16-9-8-15-6-4-12;/h7-30H2,1-6H3,(H,37,40)(H,38,42);1-10H2,(H,13,14)(H,15,16);4-9,12H2,1-3H3,(H,13,14);1H4. The van der Waals surface area contributed by atoms with Crippen LogP contribution in [0.3, 0.4) is 0 Å². The third kappa shape index (κ3) is 87.7. The summed E-state index contributed by atoms with van der Waals surface area (Å²) in [4.78, 5) is 78.5. The summed E-state index contributed by atoms with van der Waals surface area (Å²) in [6.07, 6.45) is 1.67. The molecule has 30 heteroatoms. The quantitative estimate of drug-likeness (QED) is 0.0283. The number of aliphatic carboxylic acids is 2. The molecular weight excluding hydrogens is 1190 g/mol. The van der Waals surface area contributed by atoms with Crippen LogP contribution in [0.1, 0.15) is 121 Å². The lowest BCUT2D eigenvalue weighted by molar-refractivity contribution is -0.155. The lowest BCUT2D eigenvalue weighted by atomic mass is 10.2. The third-order valence-electron chi connectivity index (χ3n) is 9.76. The molecule has 0 aromatic rings. The van der Waals surface area contributed by atoms with Crippen LogP contribution in [0.2, 0.25) is 0 Å². The molecule has 0 aliphatic heterocycles. The van der Waals surface area contributed by atoms with Gasteiger partial charge in [0.1, 0.15) is 22.6 Å². The third-order valence-corrected chi connectivity index (χ3v) is 9.76. The van der Waals surface area contributed by atoms with Gasteiger partial charge < -0.3 is 112 Å². The van der Waals surface area contributed by atoms with E-state index in [1.807, 2.05) is 41.5 Å². The second-order valence-corrected chi connectivity index (χ2v) is 21.7. The van der Waals surface area contributed by atoms with Crippen LogP contribution in [0.15, 0.2) is 0 Å². The van der Waals surface area contributed by atoms with Crippen molar-refractivity contribution in [2.24, 2.45) is 5.73 Å². The van der Waals surface area contributed by atoms with Crippen LogP contribution in [-0.4, -0.2) is 280 Å². The molecule has 30 nitrogen and oxygen atoms in total. The summed E-state index contributed by atoms with van der Waals surface area (Å²) in [5, 5.41) is 24.7. The number of alkyl carbamates (subject to hydrolysis) is 2. The summed E-state index contributed by atoms with van der Waals surface area (Å²) in [6.45, 7) is 29.1. The number of carboxylic acids is 2. The van der Waals surface area contributed by atoms with Crippen molar-refractivity contribution in [3.05, 3.63) is 0 Å². The fourth-order valence-corrected chi connectivity index (χ4v) is 5.88. The van der Waals surface area contributed by atoms with Gasteiger partial charge in [-0.05, 0) is 75.2 Å². The van der Waals surface area contributed by atoms with Gasteiger partial charge >= 0.3 is 30.1 Å². The number of hydrogen-bond acceptors (Lipinski definition) is 25. The number of esters is 1. The summed E-state index contributed by atoms with van der Waals surface area (Å²) in [7, 11) is 0. The summed E-state index contributed by atoms with van der Waals surface area (Å²) in [6, 6.07) is 0. The molecule has 0 fully saturated rings. The largest absolute Gasteiger partial charge is 0.481 e. The molecule has 0 rings (SSSR count). The number of rotatable bonds is 58. The molecule has 0 radical (unpaired) electrons. The summed E-state index contributed by atoms with van der Waals surface area (Å²) >= 11 is 0. The van der Waals surface area contributed by atoms with Gasteiger partial charge in [0.15, 0.2) is 0 Å². The van der Waals surface area contributed by atoms with E-state index in [-0.39, 0.29) is 57.6 Å². The highest BCUT2D eigenvalue weighted by Gasteiger charge is 2.18. The Hall–Kier alpha value is -4.51. The average molecular weight is 1310 g/mol. The van der Waals surface area contributed by atoms with Crippen molar-refractivity contribution in [1.29, 1.82) is 0 Å². The summed E-state index contributed by atoms with van der Waals surface area (Å²) in [5.74, 6) is -1.99. The molecule has 0 atom stereocenters. The number of amides is 3. The van der Waals surface area contributed by atoms with Crippen LogP contribution in [0.5, 0.6) is 0 Å². The Kier molecular flexibility index (Phi) is 67.4. The van der Waals surface area contributed by atoms with Crippen molar-refractivity contribution < 1.29 is 124 Å². The van der Waals surface area contributed by atoms with Crippen molar-refractivity contribution in [3.63, 3.8) is 0 Å². The minimum Gasteiger partial charge on any atom is -0.481 e. The molecule has 0 saturated heterocycles. The molecule has 0 aliphatic carbocycles. The van der Waals surface area contributed by atoms with E-state index in [2.05, 4.69) is 16.0 Å². The van der Waals surface area contributed by atoms with E-state index in [1.165, 1.54) is 0 Å². The van der Waals surface area contributed by atoms with Crippen LogP contribution in [-0.2, 0) is 104 Å². The molecule has 0 spiro atoms. The Bertz CT molecular complexity index is 1600. The molecular formula is C60H118N4O26. The smallest absolute Gasteiger partial charge is 0.407 e. The van der Waals surface area contributed by atoms with Gasteiger partial charge in [-0.3, -0.25) is 24.0 Å². The van der Waals surface area contributed by atoms with E-state index < -0.39 is 40.9 Å². The second kappa shape index (κ2) is 66.0. The molecule has 0 aliphatic rings. The Morgan fingerprint density at radius 1 is 0.311 bits per heavy atom. The lowest BCUT2D eigenvalue weighted by Gasteiger charge is -2.19. The molecule has 90 heavy (non-hydrogen) atoms. The van der Waals surface area contributed by atoms with Gasteiger partial charge in [0, 0.05) is 65.1 Å². The van der Waals surface area contributed by atoms with Crippen molar-refractivity contribution in [1.82, 2.24) is 16.0 Å². The minimum atomic E-state index is -0.884. The van der Waals surface area contributed by atoms with Crippen LogP contribution in [0, 0.1) is 0 Å². The number of Topliss-reactive ketones (excluding diaryl/α,β-unsaturated/α-hetero) is 1. The van der Waals surface area contributed by atoms with Crippen LogP contribution in [0.4, 0.5) is 9.59 Å². The molecule has 0 saturated carbocycles. The maximum atomic E-state index is 12.0. The second-order valence-electron chi connectivity index (χ2n) is 21.7. The molecule has 534 valence electrons. The highest BCUT2D eigenvalue weighted by molar-refractivity contribution is 5.78. The molecule has 0 heterocycles. The lowest BCUT2D eigenvalue weighted by Crippen LogP contribution is -2.34. The molecule has 7 N–H and O–H groups in total. The van der Waals surface area contributed by atoms with Crippen molar-refractivity contribution >= 4 is 41.8 Å². The summed E-state index contributed by atoms with van der Waals surface area (Å²) < 4.78 is 89.7. The number of carbonyl (C=O) groups excluding carboxylic acids is 5. The maximum Gasteiger partial charge on any atom is 0.407 e. The van der Waals surface area contributed by atoms with E-state index in [0.29, 0.717) is 230 Å². The number of carbonyl (C=O) groups is 7. The van der Waals surface area contributed by atoms with Crippen LogP contribution >= 0.6 is 0 Å². The first-order valence-electron chi connectivity index (χ1n) is 30.5. The number of nitrogens with two attached hydrogens (primary N) is 1. The van der Waals surface area contributed by atoms with E-state index in [0.717, 1.165) is 0 Å².